The Morgan fingerprint density at radius 3 is 2.89 bits per heavy atom. The van der Waals surface area contributed by atoms with Gasteiger partial charge < -0.3 is 0 Å². The molecule has 3 rings (SSSR count). The second kappa shape index (κ2) is 4.40. The van der Waals surface area contributed by atoms with Crippen molar-refractivity contribution in [3.63, 3.8) is 0 Å². The first kappa shape index (κ1) is 12.3. The van der Waals surface area contributed by atoms with Crippen molar-refractivity contribution in [2.75, 3.05) is 0 Å². The quantitative estimate of drug-likeness (QED) is 0.658. The Morgan fingerprint density at radius 2 is 2.11 bits per heavy atom. The third-order valence-electron chi connectivity index (χ3n) is 5.78. The molecule has 18 heavy (non-hydrogen) atoms. The minimum atomic E-state index is 0.470. The van der Waals surface area contributed by atoms with Crippen LogP contribution in [-0.2, 0) is 18.3 Å². The van der Waals surface area contributed by atoms with Crippen LogP contribution in [-0.4, -0.2) is 0 Å². The van der Waals surface area contributed by atoms with Crippen LogP contribution in [0.3, 0.4) is 0 Å². The van der Waals surface area contributed by atoms with E-state index in [1.54, 1.807) is 11.1 Å². The van der Waals surface area contributed by atoms with Gasteiger partial charge in [0.2, 0.25) is 0 Å². The van der Waals surface area contributed by atoms with Crippen molar-refractivity contribution < 1.29 is 0 Å². The number of hydrogen-bond donors (Lipinski definition) is 0. The molecule has 0 heteroatoms. The summed E-state index contributed by atoms with van der Waals surface area (Å²) in [5, 5.41) is 0. The average Bonchev–Trinajstić information content (AvgIpc) is 2.38. The fourth-order valence-corrected chi connectivity index (χ4v) is 4.69. The molecule has 1 saturated carbocycles. The predicted molar refractivity (Wildman–Crippen MR) is 78.0 cm³/mol. The summed E-state index contributed by atoms with van der Waals surface area (Å²) in [6.07, 6.45) is 8.17. The second-order valence-electron chi connectivity index (χ2n) is 6.78. The van der Waals surface area contributed by atoms with E-state index in [9.17, 15) is 0 Å². The maximum atomic E-state index is 2.54. The van der Waals surface area contributed by atoms with Crippen LogP contribution in [0.15, 0.2) is 18.2 Å². The molecule has 0 bridgehead atoms. The molecule has 3 unspecified atom stereocenters. The van der Waals surface area contributed by atoms with Crippen LogP contribution in [0.25, 0.3) is 0 Å². The standard InChI is InChI=1S/C18H26/c1-4-14-7-9-17-15(12-14)8-10-16-13(2)6-5-11-18(16,17)3/h7,9,12-13,16H,4-6,8,10-11H2,1-3H3. The van der Waals surface area contributed by atoms with Crippen molar-refractivity contribution >= 4 is 0 Å². The zero-order valence-electron chi connectivity index (χ0n) is 12.1. The van der Waals surface area contributed by atoms with Gasteiger partial charge in [-0.05, 0) is 59.6 Å². The Balaban J connectivity index is 2.05. The molecule has 0 aliphatic heterocycles. The van der Waals surface area contributed by atoms with Crippen molar-refractivity contribution in [1.82, 2.24) is 0 Å². The molecule has 2 aliphatic carbocycles. The highest BCUT2D eigenvalue weighted by Crippen LogP contribution is 2.52. The first-order valence-electron chi connectivity index (χ1n) is 7.77. The zero-order valence-corrected chi connectivity index (χ0v) is 12.1. The van der Waals surface area contributed by atoms with Gasteiger partial charge in [-0.15, -0.1) is 0 Å². The summed E-state index contributed by atoms with van der Waals surface area (Å²) in [5.74, 6) is 1.84. The zero-order chi connectivity index (χ0) is 12.8. The molecule has 1 aromatic carbocycles. The van der Waals surface area contributed by atoms with Crippen LogP contribution in [0.5, 0.6) is 0 Å². The molecule has 0 aromatic heterocycles. The van der Waals surface area contributed by atoms with Crippen LogP contribution < -0.4 is 0 Å². The summed E-state index contributed by atoms with van der Waals surface area (Å²) < 4.78 is 0. The largest absolute Gasteiger partial charge is 0.0622 e. The number of fused-ring (bicyclic) bond motifs is 3. The number of rotatable bonds is 1. The van der Waals surface area contributed by atoms with Gasteiger partial charge in [0.05, 0.1) is 0 Å². The minimum Gasteiger partial charge on any atom is -0.0622 e. The molecule has 0 saturated heterocycles. The molecule has 98 valence electrons. The van der Waals surface area contributed by atoms with Crippen LogP contribution in [0, 0.1) is 11.8 Å². The van der Waals surface area contributed by atoms with Crippen molar-refractivity contribution in [2.45, 2.75) is 64.7 Å². The molecule has 1 aromatic rings. The van der Waals surface area contributed by atoms with E-state index in [1.807, 2.05) is 0 Å². The van der Waals surface area contributed by atoms with E-state index in [4.69, 9.17) is 0 Å². The summed E-state index contributed by atoms with van der Waals surface area (Å²) in [6.45, 7) is 7.28. The van der Waals surface area contributed by atoms with Gasteiger partial charge in [0.25, 0.3) is 0 Å². The monoisotopic (exact) mass is 242 g/mol. The first-order chi connectivity index (χ1) is 8.65. The lowest BCUT2D eigenvalue weighted by molar-refractivity contribution is 0.118. The van der Waals surface area contributed by atoms with Crippen molar-refractivity contribution in [3.05, 3.63) is 34.9 Å². The Labute approximate surface area is 112 Å². The predicted octanol–water partition coefficient (Wildman–Crippen LogP) is 4.89. The number of hydrogen-bond acceptors (Lipinski definition) is 0. The molecule has 2 aliphatic rings. The molecule has 1 fully saturated rings. The van der Waals surface area contributed by atoms with E-state index in [2.05, 4.69) is 39.0 Å². The third-order valence-corrected chi connectivity index (χ3v) is 5.78. The molecular weight excluding hydrogens is 216 g/mol. The van der Waals surface area contributed by atoms with Crippen molar-refractivity contribution in [2.24, 2.45) is 11.8 Å². The summed E-state index contributed by atoms with van der Waals surface area (Å²) >= 11 is 0. The van der Waals surface area contributed by atoms with E-state index < -0.39 is 0 Å². The summed E-state index contributed by atoms with van der Waals surface area (Å²) in [5.41, 5.74) is 5.32. The highest BCUT2D eigenvalue weighted by Gasteiger charge is 2.44. The molecule has 0 heterocycles. The SMILES string of the molecule is CCc1ccc2c(c1)CCC1C(C)CCCC21C. The highest BCUT2D eigenvalue weighted by atomic mass is 14.5. The summed E-state index contributed by atoms with van der Waals surface area (Å²) in [7, 11) is 0. The average molecular weight is 242 g/mol. The van der Waals surface area contributed by atoms with Gasteiger partial charge in [0.1, 0.15) is 0 Å². The normalized spacial score (nSPS) is 34.8. The van der Waals surface area contributed by atoms with E-state index in [-0.39, 0.29) is 0 Å². The van der Waals surface area contributed by atoms with Gasteiger partial charge in [-0.1, -0.05) is 51.8 Å². The van der Waals surface area contributed by atoms with E-state index in [0.29, 0.717) is 5.41 Å². The van der Waals surface area contributed by atoms with Gasteiger partial charge >= 0.3 is 0 Å². The molecule has 0 amide bonds. The number of benzene rings is 1. The minimum absolute atomic E-state index is 0.470. The second-order valence-corrected chi connectivity index (χ2v) is 6.78. The molecule has 0 nitrogen and oxygen atoms in total. The highest BCUT2D eigenvalue weighted by molar-refractivity contribution is 5.40. The molecule has 0 spiro atoms. The van der Waals surface area contributed by atoms with Crippen LogP contribution >= 0.6 is 0 Å². The van der Waals surface area contributed by atoms with E-state index >= 15 is 0 Å². The fourth-order valence-electron chi connectivity index (χ4n) is 4.69. The van der Waals surface area contributed by atoms with Gasteiger partial charge in [-0.2, -0.15) is 0 Å². The lowest BCUT2D eigenvalue weighted by atomic mass is 9.55. The topological polar surface area (TPSA) is 0 Å². The van der Waals surface area contributed by atoms with E-state index in [0.717, 1.165) is 11.8 Å². The maximum Gasteiger partial charge on any atom is -0.00417 e. The molecule has 0 N–H and O–H groups in total. The Kier molecular flexibility index (Phi) is 3.00. The Hall–Kier alpha value is -0.780. The lowest BCUT2D eigenvalue weighted by Crippen LogP contribution is -2.43. The molecular formula is C18H26. The van der Waals surface area contributed by atoms with E-state index in [1.165, 1.54) is 44.1 Å². The maximum absolute atomic E-state index is 2.54. The molecule has 0 radical (unpaired) electrons. The van der Waals surface area contributed by atoms with Crippen LogP contribution in [0.2, 0.25) is 0 Å². The third kappa shape index (κ3) is 1.73. The van der Waals surface area contributed by atoms with Crippen molar-refractivity contribution in [3.8, 4) is 0 Å². The Bertz CT molecular complexity index is 445. The van der Waals surface area contributed by atoms with Gasteiger partial charge in [-0.25, -0.2) is 0 Å². The summed E-state index contributed by atoms with van der Waals surface area (Å²) in [4.78, 5) is 0. The van der Waals surface area contributed by atoms with Crippen molar-refractivity contribution in [1.29, 1.82) is 0 Å². The Morgan fingerprint density at radius 1 is 1.28 bits per heavy atom. The lowest BCUT2D eigenvalue weighted by Gasteiger charge is -2.49. The molecule has 3 atom stereocenters. The fraction of sp³-hybridized carbons (Fsp3) is 0.667. The number of aryl methyl sites for hydroxylation is 2. The van der Waals surface area contributed by atoms with Crippen LogP contribution in [0.1, 0.15) is 63.1 Å². The van der Waals surface area contributed by atoms with Gasteiger partial charge in [0.15, 0.2) is 0 Å². The first-order valence-corrected chi connectivity index (χ1v) is 7.77. The van der Waals surface area contributed by atoms with Gasteiger partial charge in [-0.3, -0.25) is 0 Å². The van der Waals surface area contributed by atoms with Gasteiger partial charge in [0, 0.05) is 0 Å². The smallest absolute Gasteiger partial charge is 0.00417 e. The van der Waals surface area contributed by atoms with Crippen LogP contribution in [0.4, 0.5) is 0 Å². The summed E-state index contributed by atoms with van der Waals surface area (Å²) in [6, 6.07) is 7.31.